The first-order valence-corrected chi connectivity index (χ1v) is 9.61. The maximum Gasteiger partial charge on any atom is 0.244 e. The average Bonchev–Trinajstić information content (AvgIpc) is 3.31. The molecule has 4 rings (SSSR count). The first-order chi connectivity index (χ1) is 13.7. The number of hydrogen-bond donors (Lipinski definition) is 1. The Kier molecular flexibility index (Phi) is 5.48. The Morgan fingerprint density at radius 2 is 2.07 bits per heavy atom. The minimum atomic E-state index is -0.0470. The lowest BCUT2D eigenvalue weighted by Gasteiger charge is -2.30. The summed E-state index contributed by atoms with van der Waals surface area (Å²) >= 11 is 0. The molecule has 2 aromatic heterocycles. The quantitative estimate of drug-likeness (QED) is 0.731. The Bertz CT molecular complexity index is 890. The van der Waals surface area contributed by atoms with Crippen LogP contribution in [0, 0.1) is 6.92 Å². The first-order valence-electron chi connectivity index (χ1n) is 9.61. The normalized spacial score (nSPS) is 18.2. The summed E-state index contributed by atoms with van der Waals surface area (Å²) in [7, 11) is 0. The second-order valence-corrected chi connectivity index (χ2v) is 7.15. The van der Waals surface area contributed by atoms with Gasteiger partial charge < -0.3 is 4.90 Å². The lowest BCUT2D eigenvalue weighted by atomic mass is 10.1. The van der Waals surface area contributed by atoms with Crippen molar-refractivity contribution >= 4 is 5.91 Å². The van der Waals surface area contributed by atoms with Gasteiger partial charge in [0.1, 0.15) is 12.4 Å². The van der Waals surface area contributed by atoms with E-state index < -0.39 is 0 Å². The van der Waals surface area contributed by atoms with Crippen LogP contribution in [0.4, 0.5) is 0 Å². The summed E-state index contributed by atoms with van der Waals surface area (Å²) in [4.78, 5) is 21.7. The van der Waals surface area contributed by atoms with E-state index >= 15 is 0 Å². The maximum absolute atomic E-state index is 12.9. The number of nitrogens with one attached hydrogen (secondary N) is 1. The summed E-state index contributed by atoms with van der Waals surface area (Å²) in [5, 5.41) is 11.5. The van der Waals surface area contributed by atoms with Crippen molar-refractivity contribution in [1.82, 2.24) is 34.8 Å². The summed E-state index contributed by atoms with van der Waals surface area (Å²) in [6.07, 6.45) is 4.42. The van der Waals surface area contributed by atoms with Crippen LogP contribution in [0.2, 0.25) is 0 Å². The predicted molar refractivity (Wildman–Crippen MR) is 104 cm³/mol. The number of aromatic nitrogens is 5. The number of benzene rings is 1. The van der Waals surface area contributed by atoms with E-state index in [-0.39, 0.29) is 18.5 Å². The molecule has 1 saturated heterocycles. The molecule has 0 aliphatic carbocycles. The lowest BCUT2D eigenvalue weighted by molar-refractivity contribution is -0.132. The molecule has 0 bridgehead atoms. The third kappa shape index (κ3) is 4.28. The molecule has 8 nitrogen and oxygen atoms in total. The Balaban J connectivity index is 1.55. The Morgan fingerprint density at radius 3 is 2.79 bits per heavy atom. The highest BCUT2D eigenvalue weighted by Crippen LogP contribution is 2.25. The van der Waals surface area contributed by atoms with E-state index in [9.17, 15) is 4.79 Å². The number of aryl methyl sites for hydroxylation is 1. The molecule has 3 heterocycles. The van der Waals surface area contributed by atoms with Gasteiger partial charge in [0.05, 0.1) is 6.04 Å². The third-order valence-electron chi connectivity index (χ3n) is 5.06. The zero-order chi connectivity index (χ0) is 19.3. The molecule has 0 spiro atoms. The number of hydrogen-bond acceptors (Lipinski definition) is 5. The lowest BCUT2D eigenvalue weighted by Crippen LogP contribution is -2.39. The monoisotopic (exact) mass is 379 g/mol. The fourth-order valence-corrected chi connectivity index (χ4v) is 3.66. The highest BCUT2D eigenvalue weighted by atomic mass is 16.2. The van der Waals surface area contributed by atoms with Gasteiger partial charge >= 0.3 is 0 Å². The highest BCUT2D eigenvalue weighted by Gasteiger charge is 2.31. The SMILES string of the molecule is Cc1nc(C2CN(C(=O)Cn3cccn3)CCCN2Cc2ccccc2)n[nH]1. The van der Waals surface area contributed by atoms with Crippen molar-refractivity contribution in [3.05, 3.63) is 66.0 Å². The van der Waals surface area contributed by atoms with Crippen LogP contribution in [0.25, 0.3) is 0 Å². The van der Waals surface area contributed by atoms with Crippen LogP contribution >= 0.6 is 0 Å². The van der Waals surface area contributed by atoms with E-state index in [1.807, 2.05) is 30.2 Å². The summed E-state index contributed by atoms with van der Waals surface area (Å²) < 4.78 is 1.67. The van der Waals surface area contributed by atoms with Crippen LogP contribution in [-0.4, -0.2) is 60.3 Å². The molecule has 1 amide bonds. The Labute approximate surface area is 164 Å². The molecule has 28 heavy (non-hydrogen) atoms. The molecule has 1 aromatic carbocycles. The Morgan fingerprint density at radius 1 is 1.21 bits per heavy atom. The van der Waals surface area contributed by atoms with Gasteiger partial charge in [-0.2, -0.15) is 10.2 Å². The number of amides is 1. The average molecular weight is 379 g/mol. The van der Waals surface area contributed by atoms with Gasteiger partial charge in [-0.05, 0) is 25.0 Å². The molecule has 0 saturated carbocycles. The van der Waals surface area contributed by atoms with Crippen molar-refractivity contribution in [2.75, 3.05) is 19.6 Å². The van der Waals surface area contributed by atoms with Crippen molar-refractivity contribution in [2.24, 2.45) is 0 Å². The summed E-state index contributed by atoms with van der Waals surface area (Å²) in [5.74, 6) is 1.60. The number of nitrogens with zero attached hydrogens (tertiary/aromatic N) is 6. The molecule has 1 aliphatic heterocycles. The van der Waals surface area contributed by atoms with Crippen LogP contribution in [0.5, 0.6) is 0 Å². The summed E-state index contributed by atoms with van der Waals surface area (Å²) in [5.41, 5.74) is 1.25. The van der Waals surface area contributed by atoms with Crippen LogP contribution in [-0.2, 0) is 17.9 Å². The van der Waals surface area contributed by atoms with Crippen molar-refractivity contribution < 1.29 is 4.79 Å². The van der Waals surface area contributed by atoms with E-state index in [1.165, 1.54) is 5.56 Å². The van der Waals surface area contributed by atoms with Gasteiger partial charge in [-0.3, -0.25) is 19.5 Å². The van der Waals surface area contributed by atoms with Crippen molar-refractivity contribution in [3.8, 4) is 0 Å². The summed E-state index contributed by atoms with van der Waals surface area (Å²) in [6, 6.07) is 12.2. The van der Waals surface area contributed by atoms with Crippen molar-refractivity contribution in [2.45, 2.75) is 32.5 Å². The van der Waals surface area contributed by atoms with Gasteiger partial charge in [0.15, 0.2) is 5.82 Å². The molecule has 1 atom stereocenters. The minimum absolute atomic E-state index is 0.0470. The zero-order valence-corrected chi connectivity index (χ0v) is 16.0. The number of H-pyrrole nitrogens is 1. The van der Waals surface area contributed by atoms with Gasteiger partial charge in [-0.1, -0.05) is 30.3 Å². The number of carbonyl (C=O) groups excluding carboxylic acids is 1. The molecule has 1 N–H and O–H groups in total. The molecule has 1 unspecified atom stereocenters. The van der Waals surface area contributed by atoms with E-state index in [0.717, 1.165) is 37.7 Å². The van der Waals surface area contributed by atoms with Gasteiger partial charge in [0.25, 0.3) is 0 Å². The number of carbonyl (C=O) groups is 1. The van der Waals surface area contributed by atoms with E-state index in [1.54, 1.807) is 10.9 Å². The maximum atomic E-state index is 12.9. The zero-order valence-electron chi connectivity index (χ0n) is 16.0. The molecular formula is C20H25N7O. The largest absolute Gasteiger partial charge is 0.339 e. The standard InChI is InChI=1S/C20H25N7O/c1-16-22-20(24-23-16)18-14-26(19(28)15-27-12-5-9-21-27)11-6-10-25(18)13-17-7-3-2-4-8-17/h2-5,7-9,12,18H,6,10-11,13-15H2,1H3,(H,22,23,24). The second kappa shape index (κ2) is 8.35. The summed E-state index contributed by atoms with van der Waals surface area (Å²) in [6.45, 7) is 5.15. The van der Waals surface area contributed by atoms with Crippen LogP contribution in [0.3, 0.4) is 0 Å². The third-order valence-corrected chi connectivity index (χ3v) is 5.06. The molecule has 1 fully saturated rings. The van der Waals surface area contributed by atoms with Crippen LogP contribution < -0.4 is 0 Å². The topological polar surface area (TPSA) is 82.9 Å². The minimum Gasteiger partial charge on any atom is -0.339 e. The molecular weight excluding hydrogens is 354 g/mol. The van der Waals surface area contributed by atoms with Crippen molar-refractivity contribution in [3.63, 3.8) is 0 Å². The molecule has 1 aliphatic rings. The van der Waals surface area contributed by atoms with E-state index in [2.05, 4.69) is 49.4 Å². The van der Waals surface area contributed by atoms with E-state index in [0.29, 0.717) is 6.54 Å². The van der Waals surface area contributed by atoms with Crippen LogP contribution in [0.15, 0.2) is 48.8 Å². The molecule has 146 valence electrons. The second-order valence-electron chi connectivity index (χ2n) is 7.15. The molecule has 3 aromatic rings. The van der Waals surface area contributed by atoms with Gasteiger partial charge in [0, 0.05) is 38.6 Å². The van der Waals surface area contributed by atoms with Gasteiger partial charge in [-0.15, -0.1) is 0 Å². The molecule has 0 radical (unpaired) electrons. The van der Waals surface area contributed by atoms with Crippen molar-refractivity contribution in [1.29, 1.82) is 0 Å². The fraction of sp³-hybridized carbons (Fsp3) is 0.400. The number of rotatable bonds is 5. The molecule has 8 heteroatoms. The number of aromatic amines is 1. The van der Waals surface area contributed by atoms with Gasteiger partial charge in [-0.25, -0.2) is 4.98 Å². The predicted octanol–water partition coefficient (Wildman–Crippen LogP) is 1.79. The van der Waals surface area contributed by atoms with Crippen LogP contribution in [0.1, 0.15) is 29.7 Å². The fourth-order valence-electron chi connectivity index (χ4n) is 3.66. The van der Waals surface area contributed by atoms with E-state index in [4.69, 9.17) is 0 Å². The highest BCUT2D eigenvalue weighted by molar-refractivity contribution is 5.76. The Hall–Kier alpha value is -3.00. The van der Waals surface area contributed by atoms with Gasteiger partial charge in [0.2, 0.25) is 5.91 Å². The first kappa shape index (κ1) is 18.4. The smallest absolute Gasteiger partial charge is 0.244 e.